The molecule has 1 unspecified atom stereocenters. The fourth-order valence-corrected chi connectivity index (χ4v) is 5.09. The molecule has 0 bridgehead atoms. The van der Waals surface area contributed by atoms with Crippen LogP contribution >= 0.6 is 0 Å². The van der Waals surface area contributed by atoms with E-state index in [1.165, 1.54) is 17.9 Å². The average molecular weight is 623 g/mol. The van der Waals surface area contributed by atoms with Crippen LogP contribution in [-0.4, -0.2) is 39.4 Å². The van der Waals surface area contributed by atoms with E-state index in [1.54, 1.807) is 81.7 Å². The molecule has 0 fully saturated rings. The molecule has 1 aliphatic carbocycles. The number of nitrogens with zero attached hydrogens (tertiary/aromatic N) is 3. The molecule has 1 amide bonds. The van der Waals surface area contributed by atoms with Crippen LogP contribution in [0.1, 0.15) is 82.9 Å². The Hall–Kier alpha value is -4.87. The van der Waals surface area contributed by atoms with Crippen molar-refractivity contribution in [2.75, 3.05) is 7.11 Å². The molecule has 2 heterocycles. The van der Waals surface area contributed by atoms with Crippen LogP contribution in [0.3, 0.4) is 0 Å². The van der Waals surface area contributed by atoms with Gasteiger partial charge in [-0.2, -0.15) is 18.3 Å². The third kappa shape index (κ3) is 7.44. The third-order valence-electron chi connectivity index (χ3n) is 7.07. The fraction of sp³-hybridized carbons (Fsp3) is 0.333. The molecule has 5 rings (SSSR count). The standard InChI is InChI=1S/C33H33F3N4O5/c1-32(2,3)45-31(42)21-11-13-24(14-12-21)44-27-10-6-9-26-28(27)40(39-29(26)33(34,35)36)23-8-5-7-22(16-23)30(41)38-18-20-15-25(43-4)19-37-17-20/h5,7-8,11-17,19,27H,6,9-10,18H2,1-4H3,(H,38,41). The van der Waals surface area contributed by atoms with E-state index in [-0.39, 0.29) is 35.5 Å². The van der Waals surface area contributed by atoms with Crippen LogP contribution in [0.25, 0.3) is 5.69 Å². The zero-order chi connectivity index (χ0) is 32.4. The topological polar surface area (TPSA) is 105 Å². The van der Waals surface area contributed by atoms with E-state index >= 15 is 0 Å². The second-order valence-corrected chi connectivity index (χ2v) is 11.6. The number of carbonyl (C=O) groups excluding carboxylic acids is 2. The Morgan fingerprint density at radius 1 is 1.00 bits per heavy atom. The zero-order valence-electron chi connectivity index (χ0n) is 25.3. The highest BCUT2D eigenvalue weighted by atomic mass is 19.4. The molecule has 236 valence electrons. The van der Waals surface area contributed by atoms with Gasteiger partial charge in [-0.15, -0.1) is 0 Å². The molecule has 4 aromatic rings. The number of rotatable bonds is 8. The number of pyridine rings is 1. The van der Waals surface area contributed by atoms with Gasteiger partial charge in [0.15, 0.2) is 5.69 Å². The number of nitrogens with one attached hydrogen (secondary N) is 1. The number of halogens is 3. The van der Waals surface area contributed by atoms with Gasteiger partial charge in [0.2, 0.25) is 0 Å². The minimum atomic E-state index is -4.69. The maximum absolute atomic E-state index is 14.2. The average Bonchev–Trinajstić information content (AvgIpc) is 3.41. The SMILES string of the molecule is COc1cncc(CNC(=O)c2cccc(-n3nc(C(F)(F)F)c4c3C(Oc3ccc(C(=O)OC(C)(C)C)cc3)CCC4)c2)c1. The number of methoxy groups -OCH3 is 1. The van der Waals surface area contributed by atoms with Crippen LogP contribution in [0.5, 0.6) is 11.5 Å². The van der Waals surface area contributed by atoms with Crippen LogP contribution in [0, 0.1) is 0 Å². The second kappa shape index (κ2) is 12.6. The molecule has 0 saturated carbocycles. The quantitative estimate of drug-likeness (QED) is 0.220. The van der Waals surface area contributed by atoms with Gasteiger partial charge in [0, 0.05) is 23.9 Å². The number of alkyl halides is 3. The molecule has 0 radical (unpaired) electrons. The van der Waals surface area contributed by atoms with Gasteiger partial charge in [0.1, 0.15) is 23.2 Å². The minimum absolute atomic E-state index is 0.0597. The monoisotopic (exact) mass is 622 g/mol. The van der Waals surface area contributed by atoms with Crippen molar-refractivity contribution in [3.05, 3.63) is 101 Å². The molecule has 1 aliphatic rings. The smallest absolute Gasteiger partial charge is 0.435 e. The summed E-state index contributed by atoms with van der Waals surface area (Å²) in [4.78, 5) is 29.5. The molecule has 1 N–H and O–H groups in total. The van der Waals surface area contributed by atoms with Gasteiger partial charge in [-0.1, -0.05) is 6.07 Å². The highest BCUT2D eigenvalue weighted by molar-refractivity contribution is 5.94. The van der Waals surface area contributed by atoms with E-state index in [9.17, 15) is 22.8 Å². The van der Waals surface area contributed by atoms with Crippen LogP contribution in [0.15, 0.2) is 67.0 Å². The summed E-state index contributed by atoms with van der Waals surface area (Å²) in [5.41, 5.74) is 0.254. The first-order valence-corrected chi connectivity index (χ1v) is 14.4. The number of ether oxygens (including phenoxy) is 3. The summed E-state index contributed by atoms with van der Waals surface area (Å²) >= 11 is 0. The van der Waals surface area contributed by atoms with Gasteiger partial charge in [-0.05, 0) is 94.1 Å². The van der Waals surface area contributed by atoms with Gasteiger partial charge in [-0.3, -0.25) is 9.78 Å². The Labute approximate surface area is 258 Å². The zero-order valence-corrected chi connectivity index (χ0v) is 25.3. The van der Waals surface area contributed by atoms with Crippen molar-refractivity contribution >= 4 is 11.9 Å². The summed E-state index contributed by atoms with van der Waals surface area (Å²) in [7, 11) is 1.51. The lowest BCUT2D eigenvalue weighted by Crippen LogP contribution is -2.24. The number of esters is 1. The lowest BCUT2D eigenvalue weighted by Gasteiger charge is -2.26. The predicted octanol–water partition coefficient (Wildman–Crippen LogP) is 6.64. The molecule has 0 spiro atoms. The van der Waals surface area contributed by atoms with Gasteiger partial charge >= 0.3 is 12.1 Å². The van der Waals surface area contributed by atoms with E-state index in [0.717, 1.165) is 0 Å². The summed E-state index contributed by atoms with van der Waals surface area (Å²) in [5.74, 6) is 0.00523. The van der Waals surface area contributed by atoms with Crippen molar-refractivity contribution in [2.45, 2.75) is 64.5 Å². The highest BCUT2D eigenvalue weighted by Crippen LogP contribution is 2.42. The maximum atomic E-state index is 14.2. The predicted molar refractivity (Wildman–Crippen MR) is 158 cm³/mol. The van der Waals surface area contributed by atoms with Crippen molar-refractivity contribution in [1.82, 2.24) is 20.1 Å². The van der Waals surface area contributed by atoms with Crippen LogP contribution < -0.4 is 14.8 Å². The Morgan fingerprint density at radius 3 is 2.44 bits per heavy atom. The molecule has 12 heteroatoms. The molecule has 0 aliphatic heterocycles. The van der Waals surface area contributed by atoms with Crippen molar-refractivity contribution in [3.63, 3.8) is 0 Å². The lowest BCUT2D eigenvalue weighted by molar-refractivity contribution is -0.142. The van der Waals surface area contributed by atoms with Crippen LogP contribution in [0.2, 0.25) is 0 Å². The van der Waals surface area contributed by atoms with E-state index in [1.807, 2.05) is 0 Å². The summed E-state index contributed by atoms with van der Waals surface area (Å²) in [6.45, 7) is 5.47. The highest BCUT2D eigenvalue weighted by Gasteiger charge is 2.42. The largest absolute Gasteiger partial charge is 0.495 e. The van der Waals surface area contributed by atoms with Gasteiger partial charge in [0.25, 0.3) is 5.91 Å². The Bertz CT molecular complexity index is 1690. The number of amides is 1. The first kappa shape index (κ1) is 31.6. The summed E-state index contributed by atoms with van der Waals surface area (Å²) in [6.07, 6.45) is -1.22. The maximum Gasteiger partial charge on any atom is 0.435 e. The second-order valence-electron chi connectivity index (χ2n) is 11.6. The van der Waals surface area contributed by atoms with Crippen LogP contribution in [-0.2, 0) is 23.9 Å². The molecule has 9 nitrogen and oxygen atoms in total. The summed E-state index contributed by atoms with van der Waals surface area (Å²) in [6, 6.07) is 14.3. The van der Waals surface area contributed by atoms with E-state index in [2.05, 4.69) is 15.4 Å². The number of carbonyl (C=O) groups is 2. The molecule has 2 aromatic heterocycles. The molecule has 1 atom stereocenters. The van der Waals surface area contributed by atoms with Crippen molar-refractivity contribution in [3.8, 4) is 17.2 Å². The normalized spacial score (nSPS) is 14.8. The molecular weight excluding hydrogens is 589 g/mol. The first-order chi connectivity index (χ1) is 21.3. The van der Waals surface area contributed by atoms with Gasteiger partial charge in [-0.25, -0.2) is 9.48 Å². The van der Waals surface area contributed by atoms with E-state index in [0.29, 0.717) is 35.5 Å². The summed E-state index contributed by atoms with van der Waals surface area (Å²) in [5, 5.41) is 6.81. The number of fused-ring (bicyclic) bond motifs is 1. The van der Waals surface area contributed by atoms with Crippen LogP contribution in [0.4, 0.5) is 13.2 Å². The molecule has 0 saturated heterocycles. The number of hydrogen-bond acceptors (Lipinski definition) is 7. The Kier molecular flexibility index (Phi) is 8.85. The van der Waals surface area contributed by atoms with E-state index < -0.39 is 35.5 Å². The fourth-order valence-electron chi connectivity index (χ4n) is 5.09. The van der Waals surface area contributed by atoms with Crippen molar-refractivity contribution < 1.29 is 37.0 Å². The van der Waals surface area contributed by atoms with Gasteiger partial charge in [0.05, 0.1) is 30.3 Å². The summed E-state index contributed by atoms with van der Waals surface area (Å²) < 4.78 is 60.5. The molecular formula is C33H33F3N4O5. The van der Waals surface area contributed by atoms with Crippen molar-refractivity contribution in [1.29, 1.82) is 0 Å². The minimum Gasteiger partial charge on any atom is -0.495 e. The van der Waals surface area contributed by atoms with Gasteiger partial charge < -0.3 is 19.5 Å². The number of hydrogen-bond donors (Lipinski definition) is 1. The first-order valence-electron chi connectivity index (χ1n) is 14.4. The lowest BCUT2D eigenvalue weighted by atomic mass is 9.92. The van der Waals surface area contributed by atoms with E-state index in [4.69, 9.17) is 14.2 Å². The Morgan fingerprint density at radius 2 is 1.76 bits per heavy atom. The molecule has 2 aromatic carbocycles. The number of benzene rings is 2. The number of aromatic nitrogens is 3. The third-order valence-corrected chi connectivity index (χ3v) is 7.07. The molecule has 45 heavy (non-hydrogen) atoms. The van der Waals surface area contributed by atoms with Crippen molar-refractivity contribution in [2.24, 2.45) is 0 Å². The Balaban J connectivity index is 1.42.